The third-order valence-electron chi connectivity index (χ3n) is 4.96. The molecule has 0 unspecified atom stereocenters. The maximum absolute atomic E-state index is 12.6. The fourth-order valence-electron chi connectivity index (χ4n) is 3.28. The summed E-state index contributed by atoms with van der Waals surface area (Å²) in [4.78, 5) is 25.1. The van der Waals surface area contributed by atoms with Gasteiger partial charge in [-0.25, -0.2) is 10.2 Å². The molecule has 0 saturated carbocycles. The van der Waals surface area contributed by atoms with Crippen molar-refractivity contribution in [3.05, 3.63) is 106 Å². The molecule has 0 radical (unpaired) electrons. The molecule has 0 aliphatic carbocycles. The van der Waals surface area contributed by atoms with Gasteiger partial charge in [0.1, 0.15) is 0 Å². The lowest BCUT2D eigenvalue weighted by atomic mass is 10.0. The normalized spacial score (nSPS) is 10.9. The number of fused-ring (bicyclic) bond motifs is 1. The van der Waals surface area contributed by atoms with Gasteiger partial charge in [0.15, 0.2) is 11.5 Å². The molecule has 0 atom stereocenters. The Balaban J connectivity index is 1.46. The lowest BCUT2D eigenvalue weighted by Gasteiger charge is -2.10. The van der Waals surface area contributed by atoms with E-state index in [1.54, 1.807) is 24.3 Å². The Labute approximate surface area is 205 Å². The van der Waals surface area contributed by atoms with Crippen molar-refractivity contribution in [2.24, 2.45) is 5.10 Å². The summed E-state index contributed by atoms with van der Waals surface area (Å²) in [6.07, 6.45) is 1.47. The van der Waals surface area contributed by atoms with Gasteiger partial charge >= 0.3 is 5.97 Å². The van der Waals surface area contributed by atoms with Crippen molar-refractivity contribution in [2.75, 3.05) is 7.11 Å². The zero-order valence-electron chi connectivity index (χ0n) is 17.9. The van der Waals surface area contributed by atoms with Crippen LogP contribution in [-0.2, 0) is 0 Å². The second kappa shape index (κ2) is 10.4. The largest absolute Gasteiger partial charge is 0.493 e. The average Bonchev–Trinajstić information content (AvgIpc) is 2.86. The summed E-state index contributed by atoms with van der Waals surface area (Å²) in [6.45, 7) is 0. The summed E-state index contributed by atoms with van der Waals surface area (Å²) in [6, 6.07) is 22.5. The van der Waals surface area contributed by atoms with Gasteiger partial charge in [0.2, 0.25) is 0 Å². The number of carbonyl (C=O) groups excluding carboxylic acids is 2. The van der Waals surface area contributed by atoms with E-state index in [0.29, 0.717) is 21.9 Å². The molecule has 8 heteroatoms. The van der Waals surface area contributed by atoms with Gasteiger partial charge in [0.05, 0.1) is 28.9 Å². The maximum atomic E-state index is 12.6. The van der Waals surface area contributed by atoms with Gasteiger partial charge in [-0.3, -0.25) is 4.79 Å². The van der Waals surface area contributed by atoms with Gasteiger partial charge < -0.3 is 9.47 Å². The zero-order valence-corrected chi connectivity index (χ0v) is 19.4. The van der Waals surface area contributed by atoms with Crippen molar-refractivity contribution in [2.45, 2.75) is 0 Å². The summed E-state index contributed by atoms with van der Waals surface area (Å²) in [5, 5.41) is 6.44. The van der Waals surface area contributed by atoms with E-state index < -0.39 is 5.97 Å². The van der Waals surface area contributed by atoms with Crippen molar-refractivity contribution in [3.63, 3.8) is 0 Å². The topological polar surface area (TPSA) is 77.0 Å². The first-order chi connectivity index (χ1) is 16.5. The first-order valence-electron chi connectivity index (χ1n) is 10.1. The zero-order chi connectivity index (χ0) is 24.1. The van der Waals surface area contributed by atoms with E-state index in [4.69, 9.17) is 32.7 Å². The third kappa shape index (κ3) is 5.20. The molecular weight excluding hydrogens is 475 g/mol. The molecule has 1 amide bonds. The number of hydrogen-bond acceptors (Lipinski definition) is 5. The molecule has 0 aliphatic rings. The molecule has 1 N–H and O–H groups in total. The van der Waals surface area contributed by atoms with Crippen LogP contribution in [0.1, 0.15) is 26.3 Å². The van der Waals surface area contributed by atoms with Gasteiger partial charge in [0, 0.05) is 5.56 Å². The molecule has 6 nitrogen and oxygen atoms in total. The first kappa shape index (κ1) is 23.3. The summed E-state index contributed by atoms with van der Waals surface area (Å²) in [7, 11) is 1.45. The molecule has 4 aromatic rings. The number of hydrogen-bond donors (Lipinski definition) is 1. The predicted octanol–water partition coefficient (Wildman–Crippen LogP) is 6.14. The Morgan fingerprint density at radius 2 is 1.68 bits per heavy atom. The monoisotopic (exact) mass is 492 g/mol. The second-order valence-corrected chi connectivity index (χ2v) is 7.97. The Kier molecular flexibility index (Phi) is 7.11. The number of hydrazone groups is 1. The van der Waals surface area contributed by atoms with Crippen LogP contribution in [0.15, 0.2) is 84.0 Å². The Bertz CT molecular complexity index is 1410. The van der Waals surface area contributed by atoms with Crippen LogP contribution in [0.2, 0.25) is 10.0 Å². The Morgan fingerprint density at radius 3 is 2.47 bits per heavy atom. The number of esters is 1. The van der Waals surface area contributed by atoms with Crippen LogP contribution in [-0.4, -0.2) is 25.2 Å². The van der Waals surface area contributed by atoms with Crippen LogP contribution in [0.5, 0.6) is 11.5 Å². The molecule has 4 aromatic carbocycles. The molecule has 0 saturated heterocycles. The average molecular weight is 493 g/mol. The van der Waals surface area contributed by atoms with Gasteiger partial charge in [-0.1, -0.05) is 59.6 Å². The summed E-state index contributed by atoms with van der Waals surface area (Å²) < 4.78 is 10.8. The van der Waals surface area contributed by atoms with E-state index in [0.717, 1.165) is 10.8 Å². The number of ether oxygens (including phenoxy) is 2. The summed E-state index contributed by atoms with van der Waals surface area (Å²) in [5.41, 5.74) is 3.94. The van der Waals surface area contributed by atoms with Gasteiger partial charge in [0.25, 0.3) is 5.91 Å². The van der Waals surface area contributed by atoms with Crippen molar-refractivity contribution in [1.82, 2.24) is 5.43 Å². The molecule has 0 spiro atoms. The van der Waals surface area contributed by atoms with Crippen LogP contribution in [0.3, 0.4) is 0 Å². The highest BCUT2D eigenvalue weighted by Crippen LogP contribution is 2.29. The minimum Gasteiger partial charge on any atom is -0.493 e. The molecule has 0 aromatic heterocycles. The summed E-state index contributed by atoms with van der Waals surface area (Å²) in [5.74, 6) is -0.402. The molecule has 0 aliphatic heterocycles. The number of halogens is 2. The van der Waals surface area contributed by atoms with Crippen LogP contribution in [0.4, 0.5) is 0 Å². The number of benzene rings is 4. The lowest BCUT2D eigenvalue weighted by Crippen LogP contribution is -2.17. The van der Waals surface area contributed by atoms with Crippen LogP contribution in [0.25, 0.3) is 10.8 Å². The first-order valence-corrected chi connectivity index (χ1v) is 10.9. The molecule has 34 heavy (non-hydrogen) atoms. The molecule has 170 valence electrons. The standard InChI is InChI=1S/C26H18Cl2N2O4/c1-33-24-13-16(9-12-23(24)34-26(32)18-10-11-21(27)22(28)14-18)15-29-30-25(31)20-8-4-6-17-5-2-3-7-19(17)20/h2-15H,1H3,(H,30,31)/b29-15+. The molecule has 0 bridgehead atoms. The number of methoxy groups -OCH3 is 1. The number of rotatable bonds is 6. The Hall–Kier alpha value is -3.87. The number of nitrogens with one attached hydrogen (secondary N) is 1. The van der Waals surface area contributed by atoms with Crippen molar-refractivity contribution < 1.29 is 19.1 Å². The quantitative estimate of drug-likeness (QED) is 0.152. The van der Waals surface area contributed by atoms with Gasteiger partial charge in [-0.05, 0) is 58.8 Å². The SMILES string of the molecule is COc1cc(/C=N/NC(=O)c2cccc3ccccc23)ccc1OC(=O)c1ccc(Cl)c(Cl)c1. The van der Waals surface area contributed by atoms with Crippen LogP contribution in [0, 0.1) is 0 Å². The van der Waals surface area contributed by atoms with Crippen LogP contribution < -0.4 is 14.9 Å². The Morgan fingerprint density at radius 1 is 0.882 bits per heavy atom. The van der Waals surface area contributed by atoms with Crippen molar-refractivity contribution in [1.29, 1.82) is 0 Å². The predicted molar refractivity (Wildman–Crippen MR) is 133 cm³/mol. The number of carbonyl (C=O) groups is 2. The van der Waals surface area contributed by atoms with Gasteiger partial charge in [-0.15, -0.1) is 0 Å². The van der Waals surface area contributed by atoms with Crippen molar-refractivity contribution in [3.8, 4) is 11.5 Å². The van der Waals surface area contributed by atoms with Gasteiger partial charge in [-0.2, -0.15) is 5.10 Å². The van der Waals surface area contributed by atoms with Crippen molar-refractivity contribution >= 4 is 52.1 Å². The number of amides is 1. The maximum Gasteiger partial charge on any atom is 0.343 e. The second-order valence-electron chi connectivity index (χ2n) is 7.15. The summed E-state index contributed by atoms with van der Waals surface area (Å²) >= 11 is 11.9. The van der Waals surface area contributed by atoms with E-state index in [1.807, 2.05) is 36.4 Å². The fraction of sp³-hybridized carbons (Fsp3) is 0.0385. The molecule has 0 fully saturated rings. The third-order valence-corrected chi connectivity index (χ3v) is 5.70. The van der Waals surface area contributed by atoms with E-state index in [9.17, 15) is 9.59 Å². The highest BCUT2D eigenvalue weighted by Gasteiger charge is 2.14. The van der Waals surface area contributed by atoms with E-state index in [1.165, 1.54) is 31.5 Å². The smallest absolute Gasteiger partial charge is 0.343 e. The number of nitrogens with zero attached hydrogens (tertiary/aromatic N) is 1. The van der Waals surface area contributed by atoms with Crippen LogP contribution >= 0.6 is 23.2 Å². The highest BCUT2D eigenvalue weighted by atomic mass is 35.5. The van der Waals surface area contributed by atoms with E-state index in [2.05, 4.69) is 10.5 Å². The molecule has 4 rings (SSSR count). The van der Waals surface area contributed by atoms with E-state index >= 15 is 0 Å². The lowest BCUT2D eigenvalue weighted by molar-refractivity contribution is 0.0729. The minimum atomic E-state index is -0.611. The minimum absolute atomic E-state index is 0.218. The molecule has 0 heterocycles. The highest BCUT2D eigenvalue weighted by molar-refractivity contribution is 6.42. The fourth-order valence-corrected chi connectivity index (χ4v) is 3.58. The van der Waals surface area contributed by atoms with E-state index in [-0.39, 0.29) is 22.2 Å². The molecular formula is C26H18Cl2N2O4.